The van der Waals surface area contributed by atoms with Gasteiger partial charge in [-0.1, -0.05) is 13.3 Å². The summed E-state index contributed by atoms with van der Waals surface area (Å²) in [7, 11) is 3.44. The molecule has 0 atom stereocenters. The Balaban J connectivity index is 2.71. The second-order valence-electron chi connectivity index (χ2n) is 4.90. The highest BCUT2D eigenvalue weighted by Gasteiger charge is 2.15. The number of nitrogens with one attached hydrogen (secondary N) is 1. The molecule has 0 fully saturated rings. The van der Waals surface area contributed by atoms with Crippen molar-refractivity contribution < 1.29 is 9.47 Å². The van der Waals surface area contributed by atoms with Gasteiger partial charge in [0.25, 0.3) is 0 Å². The highest BCUT2D eigenvalue weighted by molar-refractivity contribution is 7.15. The number of aromatic nitrogens is 1. The molecular formula is C15H29N3O2S. The molecule has 1 N–H and O–H groups in total. The van der Waals surface area contributed by atoms with Crippen molar-refractivity contribution in [1.82, 2.24) is 10.3 Å². The number of rotatable bonds is 12. The van der Waals surface area contributed by atoms with Gasteiger partial charge in [0.2, 0.25) is 0 Å². The van der Waals surface area contributed by atoms with E-state index >= 15 is 0 Å². The standard InChI is InChI=1S/C15H29N3O2S/c1-5-7-9-18(6-2)15-17-13(12-20-4)14(21-15)11-16-8-10-19-3/h16H,5-12H2,1-4H3. The maximum atomic E-state index is 5.28. The van der Waals surface area contributed by atoms with Crippen LogP contribution in [0.1, 0.15) is 37.3 Å². The first kappa shape index (κ1) is 18.4. The van der Waals surface area contributed by atoms with E-state index in [1.807, 2.05) is 0 Å². The van der Waals surface area contributed by atoms with Crippen LogP contribution >= 0.6 is 11.3 Å². The SMILES string of the molecule is CCCCN(CC)c1nc(COC)c(CNCCOC)s1. The molecule has 0 aliphatic carbocycles. The minimum atomic E-state index is 0.573. The molecule has 0 saturated carbocycles. The number of anilines is 1. The number of thiazole rings is 1. The zero-order chi connectivity index (χ0) is 15.5. The van der Waals surface area contributed by atoms with E-state index in [0.717, 1.165) is 43.6 Å². The normalized spacial score (nSPS) is 11.0. The monoisotopic (exact) mass is 315 g/mol. The van der Waals surface area contributed by atoms with Crippen LogP contribution in [0.25, 0.3) is 0 Å². The third-order valence-corrected chi connectivity index (χ3v) is 4.41. The Labute approximate surface area is 132 Å². The first-order valence-electron chi connectivity index (χ1n) is 7.68. The van der Waals surface area contributed by atoms with E-state index in [0.29, 0.717) is 6.61 Å². The fraction of sp³-hybridized carbons (Fsp3) is 0.800. The molecule has 0 amide bonds. The second kappa shape index (κ2) is 11.0. The molecule has 0 aromatic carbocycles. The third kappa shape index (κ3) is 6.30. The van der Waals surface area contributed by atoms with Gasteiger partial charge in [0, 0.05) is 45.3 Å². The summed E-state index contributed by atoms with van der Waals surface area (Å²) >= 11 is 1.77. The van der Waals surface area contributed by atoms with Crippen LogP contribution in [0.15, 0.2) is 0 Å². The van der Waals surface area contributed by atoms with Crippen LogP contribution in [0.3, 0.4) is 0 Å². The van der Waals surface area contributed by atoms with Crippen molar-refractivity contribution >= 4 is 16.5 Å². The Kier molecular flexibility index (Phi) is 9.58. The van der Waals surface area contributed by atoms with Crippen LogP contribution in [-0.2, 0) is 22.6 Å². The Hall–Kier alpha value is -0.690. The third-order valence-electron chi connectivity index (χ3n) is 3.25. The topological polar surface area (TPSA) is 46.6 Å². The second-order valence-corrected chi connectivity index (χ2v) is 5.96. The lowest BCUT2D eigenvalue weighted by Gasteiger charge is -2.19. The van der Waals surface area contributed by atoms with E-state index in [1.165, 1.54) is 17.7 Å². The van der Waals surface area contributed by atoms with Crippen LogP contribution in [0.4, 0.5) is 5.13 Å². The molecule has 0 aliphatic heterocycles. The van der Waals surface area contributed by atoms with Gasteiger partial charge < -0.3 is 19.7 Å². The van der Waals surface area contributed by atoms with Gasteiger partial charge in [0.15, 0.2) is 5.13 Å². The average molecular weight is 315 g/mol. The van der Waals surface area contributed by atoms with Gasteiger partial charge in [-0.2, -0.15) is 0 Å². The van der Waals surface area contributed by atoms with Crippen molar-refractivity contribution in [1.29, 1.82) is 0 Å². The quantitative estimate of drug-likeness (QED) is 0.601. The summed E-state index contributed by atoms with van der Waals surface area (Å²) in [5.74, 6) is 0. The lowest BCUT2D eigenvalue weighted by molar-refractivity contribution is 0.181. The first-order chi connectivity index (χ1) is 10.3. The smallest absolute Gasteiger partial charge is 0.185 e. The maximum Gasteiger partial charge on any atom is 0.185 e. The van der Waals surface area contributed by atoms with Crippen LogP contribution in [0.2, 0.25) is 0 Å². The van der Waals surface area contributed by atoms with Gasteiger partial charge in [0.05, 0.1) is 18.9 Å². The molecule has 0 saturated heterocycles. The molecule has 5 nitrogen and oxygen atoms in total. The molecular weight excluding hydrogens is 286 g/mol. The largest absolute Gasteiger partial charge is 0.383 e. The van der Waals surface area contributed by atoms with E-state index in [1.54, 1.807) is 25.6 Å². The average Bonchev–Trinajstić information content (AvgIpc) is 2.88. The molecule has 0 unspecified atom stereocenters. The van der Waals surface area contributed by atoms with Crippen molar-refractivity contribution in [2.45, 2.75) is 39.8 Å². The Bertz CT molecular complexity index is 385. The van der Waals surface area contributed by atoms with E-state index in [2.05, 4.69) is 24.1 Å². The minimum absolute atomic E-state index is 0.573. The zero-order valence-electron chi connectivity index (χ0n) is 13.8. The van der Waals surface area contributed by atoms with Crippen molar-refractivity contribution in [3.8, 4) is 0 Å². The molecule has 0 spiro atoms. The van der Waals surface area contributed by atoms with Gasteiger partial charge in [-0.05, 0) is 13.3 Å². The summed E-state index contributed by atoms with van der Waals surface area (Å²) in [6.45, 7) is 9.45. The maximum absolute atomic E-state index is 5.28. The zero-order valence-corrected chi connectivity index (χ0v) is 14.6. The molecule has 0 bridgehead atoms. The van der Waals surface area contributed by atoms with E-state index in [-0.39, 0.29) is 0 Å². The van der Waals surface area contributed by atoms with Gasteiger partial charge in [-0.15, -0.1) is 11.3 Å². The number of nitrogens with zero attached hydrogens (tertiary/aromatic N) is 2. The fourth-order valence-electron chi connectivity index (χ4n) is 2.01. The molecule has 1 heterocycles. The Morgan fingerprint density at radius 2 is 2.05 bits per heavy atom. The number of ether oxygens (including phenoxy) is 2. The summed E-state index contributed by atoms with van der Waals surface area (Å²) in [6.07, 6.45) is 2.41. The molecule has 1 aromatic rings. The van der Waals surface area contributed by atoms with Crippen molar-refractivity contribution in [2.24, 2.45) is 0 Å². The molecule has 1 aromatic heterocycles. The van der Waals surface area contributed by atoms with Crippen LogP contribution in [0, 0.1) is 0 Å². The lowest BCUT2D eigenvalue weighted by Crippen LogP contribution is -2.23. The van der Waals surface area contributed by atoms with Crippen molar-refractivity contribution in [3.05, 3.63) is 10.6 Å². The molecule has 1 rings (SSSR count). The van der Waals surface area contributed by atoms with Crippen LogP contribution in [-0.4, -0.2) is 45.4 Å². The number of methoxy groups -OCH3 is 2. The fourth-order valence-corrected chi connectivity index (χ4v) is 3.13. The van der Waals surface area contributed by atoms with E-state index in [4.69, 9.17) is 14.5 Å². The van der Waals surface area contributed by atoms with E-state index in [9.17, 15) is 0 Å². The molecule has 0 aliphatic rings. The van der Waals surface area contributed by atoms with Gasteiger partial charge in [-0.25, -0.2) is 4.98 Å². The molecule has 122 valence electrons. The Morgan fingerprint density at radius 3 is 2.67 bits per heavy atom. The number of unbranched alkanes of at least 4 members (excludes halogenated alkanes) is 1. The molecule has 21 heavy (non-hydrogen) atoms. The summed E-state index contributed by atoms with van der Waals surface area (Å²) in [4.78, 5) is 8.39. The first-order valence-corrected chi connectivity index (χ1v) is 8.50. The summed E-state index contributed by atoms with van der Waals surface area (Å²) in [6, 6.07) is 0. The van der Waals surface area contributed by atoms with Crippen molar-refractivity contribution in [2.75, 3.05) is 45.4 Å². The van der Waals surface area contributed by atoms with Crippen molar-refractivity contribution in [3.63, 3.8) is 0 Å². The summed E-state index contributed by atoms with van der Waals surface area (Å²) in [5, 5.41) is 4.50. The van der Waals surface area contributed by atoms with Gasteiger partial charge in [0.1, 0.15) is 0 Å². The molecule has 6 heteroatoms. The summed E-state index contributed by atoms with van der Waals surface area (Å²) in [5.41, 5.74) is 1.05. The van der Waals surface area contributed by atoms with Gasteiger partial charge in [-0.3, -0.25) is 0 Å². The number of hydrogen-bond donors (Lipinski definition) is 1. The predicted octanol–water partition coefficient (Wildman–Crippen LogP) is 2.65. The van der Waals surface area contributed by atoms with Crippen LogP contribution < -0.4 is 10.2 Å². The lowest BCUT2D eigenvalue weighted by atomic mass is 10.3. The van der Waals surface area contributed by atoms with Crippen LogP contribution in [0.5, 0.6) is 0 Å². The Morgan fingerprint density at radius 1 is 1.24 bits per heavy atom. The summed E-state index contributed by atoms with van der Waals surface area (Å²) < 4.78 is 10.3. The van der Waals surface area contributed by atoms with E-state index < -0.39 is 0 Å². The highest BCUT2D eigenvalue weighted by Crippen LogP contribution is 2.27. The minimum Gasteiger partial charge on any atom is -0.383 e. The van der Waals surface area contributed by atoms with Gasteiger partial charge >= 0.3 is 0 Å². The number of hydrogen-bond acceptors (Lipinski definition) is 6. The molecule has 0 radical (unpaired) electrons. The predicted molar refractivity (Wildman–Crippen MR) is 89.2 cm³/mol. The highest BCUT2D eigenvalue weighted by atomic mass is 32.1.